The summed E-state index contributed by atoms with van der Waals surface area (Å²) in [5, 5.41) is 3.12. The van der Waals surface area contributed by atoms with Crippen molar-refractivity contribution in [3.63, 3.8) is 0 Å². The number of carbonyl (C=O) groups is 2. The molecule has 1 aliphatic rings. The van der Waals surface area contributed by atoms with Gasteiger partial charge < -0.3 is 15.0 Å². The largest absolute Gasteiger partial charge is 0.484 e. The van der Waals surface area contributed by atoms with Crippen LogP contribution in [-0.2, 0) is 16.0 Å². The average molecular weight is 409 g/mol. The predicted molar refractivity (Wildman–Crippen MR) is 119 cm³/mol. The first-order chi connectivity index (χ1) is 14.4. The minimum atomic E-state index is -0.00243. The van der Waals surface area contributed by atoms with Crippen molar-refractivity contribution in [1.29, 1.82) is 0 Å². The maximum atomic E-state index is 12.4. The molecule has 2 amide bonds. The van der Waals surface area contributed by atoms with E-state index in [2.05, 4.69) is 43.4 Å². The highest BCUT2D eigenvalue weighted by Gasteiger charge is 2.24. The minimum absolute atomic E-state index is 0.00243. The smallest absolute Gasteiger partial charge is 0.260 e. The molecule has 0 saturated carbocycles. The van der Waals surface area contributed by atoms with Crippen LogP contribution in [0.25, 0.3) is 0 Å². The fourth-order valence-corrected chi connectivity index (χ4v) is 3.63. The number of piperidine rings is 1. The minimum Gasteiger partial charge on any atom is -0.484 e. The molecule has 0 aliphatic carbocycles. The zero-order valence-electron chi connectivity index (χ0n) is 18.2. The van der Waals surface area contributed by atoms with Crippen molar-refractivity contribution in [3.05, 3.63) is 64.7 Å². The molecule has 2 aromatic rings. The molecule has 1 N–H and O–H groups in total. The van der Waals surface area contributed by atoms with E-state index in [4.69, 9.17) is 4.74 Å². The van der Waals surface area contributed by atoms with Crippen LogP contribution in [0.4, 0.5) is 0 Å². The van der Waals surface area contributed by atoms with Crippen molar-refractivity contribution in [1.82, 2.24) is 10.2 Å². The Morgan fingerprint density at radius 1 is 1.00 bits per heavy atom. The molecule has 0 atom stereocenters. The maximum Gasteiger partial charge on any atom is 0.260 e. The normalized spacial score (nSPS) is 14.4. The topological polar surface area (TPSA) is 58.6 Å². The van der Waals surface area contributed by atoms with Crippen LogP contribution < -0.4 is 10.1 Å². The number of likely N-dealkylation sites (tertiary alicyclic amines) is 1. The highest BCUT2D eigenvalue weighted by molar-refractivity contribution is 5.78. The molecule has 3 rings (SSSR count). The summed E-state index contributed by atoms with van der Waals surface area (Å²) in [5.74, 6) is 0.804. The van der Waals surface area contributed by atoms with E-state index in [0.29, 0.717) is 19.5 Å². The summed E-state index contributed by atoms with van der Waals surface area (Å²) in [6, 6.07) is 14.3. The summed E-state index contributed by atoms with van der Waals surface area (Å²) in [4.78, 5) is 26.5. The zero-order valence-corrected chi connectivity index (χ0v) is 18.2. The lowest BCUT2D eigenvalue weighted by molar-refractivity contribution is -0.134. The number of nitrogens with zero attached hydrogens (tertiary/aromatic N) is 1. The summed E-state index contributed by atoms with van der Waals surface area (Å²) in [7, 11) is 0. The number of benzene rings is 2. The van der Waals surface area contributed by atoms with Crippen molar-refractivity contribution in [2.45, 2.75) is 52.5 Å². The third kappa shape index (κ3) is 6.34. The van der Waals surface area contributed by atoms with Gasteiger partial charge in [-0.3, -0.25) is 9.59 Å². The van der Waals surface area contributed by atoms with Gasteiger partial charge in [0.15, 0.2) is 6.61 Å². The number of hydrogen-bond acceptors (Lipinski definition) is 3. The summed E-state index contributed by atoms with van der Waals surface area (Å²) >= 11 is 0. The molecule has 1 saturated heterocycles. The highest BCUT2D eigenvalue weighted by Crippen LogP contribution is 2.17. The molecule has 0 aromatic heterocycles. The first-order valence-electron chi connectivity index (χ1n) is 10.7. The number of ether oxygens (including phenoxy) is 1. The van der Waals surface area contributed by atoms with Crippen molar-refractivity contribution in [3.8, 4) is 5.75 Å². The van der Waals surface area contributed by atoms with Gasteiger partial charge in [-0.2, -0.15) is 0 Å². The van der Waals surface area contributed by atoms with Crippen molar-refractivity contribution in [2.24, 2.45) is 0 Å². The van der Waals surface area contributed by atoms with E-state index in [1.165, 1.54) is 16.7 Å². The van der Waals surface area contributed by atoms with E-state index in [1.807, 2.05) is 30.0 Å². The van der Waals surface area contributed by atoms with Crippen LogP contribution in [0.1, 0.15) is 41.5 Å². The molecule has 0 bridgehead atoms. The number of carbonyl (C=O) groups excluding carboxylic acids is 2. The second-order valence-electron chi connectivity index (χ2n) is 8.24. The van der Waals surface area contributed by atoms with Gasteiger partial charge in [0.25, 0.3) is 5.91 Å². The lowest BCUT2D eigenvalue weighted by Gasteiger charge is -2.32. The van der Waals surface area contributed by atoms with E-state index >= 15 is 0 Å². The van der Waals surface area contributed by atoms with E-state index in [0.717, 1.165) is 30.6 Å². The maximum absolute atomic E-state index is 12.4. The fraction of sp³-hybridized carbons (Fsp3) is 0.440. The van der Waals surface area contributed by atoms with Crippen molar-refractivity contribution < 1.29 is 14.3 Å². The lowest BCUT2D eigenvalue weighted by Crippen LogP contribution is -2.47. The van der Waals surface area contributed by atoms with Crippen LogP contribution in [-0.4, -0.2) is 42.5 Å². The van der Waals surface area contributed by atoms with E-state index in [-0.39, 0.29) is 24.5 Å². The third-order valence-corrected chi connectivity index (χ3v) is 5.81. The monoisotopic (exact) mass is 408 g/mol. The van der Waals surface area contributed by atoms with Gasteiger partial charge in [-0.05, 0) is 68.9 Å². The number of nitrogens with one attached hydrogen (secondary N) is 1. The predicted octanol–water partition coefficient (Wildman–Crippen LogP) is 3.73. The van der Waals surface area contributed by atoms with Gasteiger partial charge in [0.2, 0.25) is 5.91 Å². The van der Waals surface area contributed by atoms with E-state index in [9.17, 15) is 9.59 Å². The van der Waals surface area contributed by atoms with Crippen LogP contribution in [0.3, 0.4) is 0 Å². The second kappa shape index (κ2) is 10.3. The third-order valence-electron chi connectivity index (χ3n) is 5.81. The number of amides is 2. The molecule has 1 heterocycles. The summed E-state index contributed by atoms with van der Waals surface area (Å²) in [5.41, 5.74) is 4.76. The first-order valence-corrected chi connectivity index (χ1v) is 10.7. The molecule has 160 valence electrons. The molecule has 1 aliphatic heterocycles. The molecule has 0 unspecified atom stereocenters. The van der Waals surface area contributed by atoms with Gasteiger partial charge in [-0.15, -0.1) is 0 Å². The number of hydrogen-bond donors (Lipinski definition) is 1. The van der Waals surface area contributed by atoms with Gasteiger partial charge >= 0.3 is 0 Å². The summed E-state index contributed by atoms with van der Waals surface area (Å²) in [6.45, 7) is 7.49. The standard InChI is InChI=1S/C25H32N2O3/c1-18-4-7-21(8-5-18)9-11-24(28)26-22-12-14-27(15-13-22)25(29)17-30-23-10-6-19(2)20(3)16-23/h4-8,10,16,22H,9,11-15,17H2,1-3H3,(H,26,28). The molecule has 1 fully saturated rings. The van der Waals surface area contributed by atoms with Gasteiger partial charge in [0.1, 0.15) is 5.75 Å². The van der Waals surface area contributed by atoms with Gasteiger partial charge in [-0.25, -0.2) is 0 Å². The van der Waals surface area contributed by atoms with Crippen LogP contribution in [0, 0.1) is 20.8 Å². The first kappa shape index (κ1) is 21.9. The zero-order chi connectivity index (χ0) is 21.5. The Labute approximate surface area is 179 Å². The number of rotatable bonds is 7. The molecule has 0 radical (unpaired) electrons. The Balaban J connectivity index is 1.36. The highest BCUT2D eigenvalue weighted by atomic mass is 16.5. The van der Waals surface area contributed by atoms with E-state index in [1.54, 1.807) is 0 Å². The van der Waals surface area contributed by atoms with Gasteiger partial charge in [-0.1, -0.05) is 35.9 Å². The fourth-order valence-electron chi connectivity index (χ4n) is 3.63. The van der Waals surface area contributed by atoms with Crippen molar-refractivity contribution in [2.75, 3.05) is 19.7 Å². The molecule has 0 spiro atoms. The summed E-state index contributed by atoms with van der Waals surface area (Å²) < 4.78 is 5.67. The Bertz CT molecular complexity index is 868. The van der Waals surface area contributed by atoms with Crippen LogP contribution >= 0.6 is 0 Å². The molecule has 5 nitrogen and oxygen atoms in total. The Morgan fingerprint density at radius 2 is 1.70 bits per heavy atom. The Hall–Kier alpha value is -2.82. The lowest BCUT2D eigenvalue weighted by atomic mass is 10.0. The quantitative estimate of drug-likeness (QED) is 0.759. The Kier molecular flexibility index (Phi) is 7.50. The van der Waals surface area contributed by atoms with Crippen LogP contribution in [0.5, 0.6) is 5.75 Å². The molecule has 5 heteroatoms. The van der Waals surface area contributed by atoms with E-state index < -0.39 is 0 Å². The SMILES string of the molecule is Cc1ccc(CCC(=O)NC2CCN(C(=O)COc3ccc(C)c(C)c3)CC2)cc1. The average Bonchev–Trinajstić information content (AvgIpc) is 2.74. The molecule has 30 heavy (non-hydrogen) atoms. The summed E-state index contributed by atoms with van der Waals surface area (Å²) in [6.07, 6.45) is 2.81. The van der Waals surface area contributed by atoms with Gasteiger partial charge in [0, 0.05) is 25.6 Å². The van der Waals surface area contributed by atoms with Crippen LogP contribution in [0.2, 0.25) is 0 Å². The number of aryl methyl sites for hydroxylation is 4. The Morgan fingerprint density at radius 3 is 2.37 bits per heavy atom. The second-order valence-corrected chi connectivity index (χ2v) is 8.24. The van der Waals surface area contributed by atoms with Crippen molar-refractivity contribution >= 4 is 11.8 Å². The molecular formula is C25H32N2O3. The van der Waals surface area contributed by atoms with Gasteiger partial charge in [0.05, 0.1) is 0 Å². The van der Waals surface area contributed by atoms with Crippen LogP contribution in [0.15, 0.2) is 42.5 Å². The molecular weight excluding hydrogens is 376 g/mol. The molecule has 2 aromatic carbocycles.